The average Bonchev–Trinajstić information content (AvgIpc) is 2.68. The highest BCUT2D eigenvalue weighted by Gasteiger charge is 2.59. The van der Waals surface area contributed by atoms with E-state index in [2.05, 4.69) is 19.9 Å². The minimum absolute atomic E-state index is 0.0125. The normalized spacial score (nSPS) is 45.2. The number of carbonyl (C=O) groups excluding carboxylic acids is 2. The van der Waals surface area contributed by atoms with Crippen LogP contribution in [0, 0.1) is 23.2 Å². The van der Waals surface area contributed by atoms with Gasteiger partial charge in [0.05, 0.1) is 5.92 Å². The van der Waals surface area contributed by atoms with E-state index in [1.807, 2.05) is 6.92 Å². The van der Waals surface area contributed by atoms with Gasteiger partial charge < -0.3 is 9.47 Å². The van der Waals surface area contributed by atoms with Crippen molar-refractivity contribution in [3.63, 3.8) is 0 Å². The molecule has 0 amide bonds. The summed E-state index contributed by atoms with van der Waals surface area (Å²) in [4.78, 5) is 23.4. The van der Waals surface area contributed by atoms with Crippen molar-refractivity contribution in [1.29, 1.82) is 0 Å². The van der Waals surface area contributed by atoms with Crippen LogP contribution in [-0.4, -0.2) is 24.1 Å². The Morgan fingerprint density at radius 3 is 2.86 bits per heavy atom. The molecule has 0 aromatic heterocycles. The Morgan fingerprint density at radius 1 is 1.48 bits per heavy atom. The first kappa shape index (κ1) is 14.6. The molecule has 6 atom stereocenters. The van der Waals surface area contributed by atoms with Crippen molar-refractivity contribution in [3.8, 4) is 0 Å². The molecule has 0 bridgehead atoms. The summed E-state index contributed by atoms with van der Waals surface area (Å²) in [6.07, 6.45) is 4.69. The minimum Gasteiger partial charge on any atom is -0.462 e. The maximum Gasteiger partial charge on any atom is 0.309 e. The fourth-order valence-corrected chi connectivity index (χ4v) is 4.74. The van der Waals surface area contributed by atoms with Gasteiger partial charge in [0.2, 0.25) is 0 Å². The van der Waals surface area contributed by atoms with Crippen molar-refractivity contribution < 1.29 is 19.1 Å². The van der Waals surface area contributed by atoms with Crippen molar-refractivity contribution in [3.05, 3.63) is 11.6 Å². The molecule has 1 aliphatic heterocycles. The smallest absolute Gasteiger partial charge is 0.309 e. The molecule has 4 heteroatoms. The van der Waals surface area contributed by atoms with Gasteiger partial charge in [-0.2, -0.15) is 0 Å². The van der Waals surface area contributed by atoms with E-state index in [1.54, 1.807) is 0 Å². The lowest BCUT2D eigenvalue weighted by atomic mass is 9.55. The largest absolute Gasteiger partial charge is 0.462 e. The van der Waals surface area contributed by atoms with Gasteiger partial charge in [-0.15, -0.1) is 0 Å². The van der Waals surface area contributed by atoms with Gasteiger partial charge in [0, 0.05) is 30.6 Å². The molecule has 6 unspecified atom stereocenters. The van der Waals surface area contributed by atoms with E-state index >= 15 is 0 Å². The summed E-state index contributed by atoms with van der Waals surface area (Å²) in [5, 5.41) is 0. The van der Waals surface area contributed by atoms with Crippen LogP contribution in [0.1, 0.15) is 47.0 Å². The fourth-order valence-electron chi connectivity index (χ4n) is 4.74. The maximum absolute atomic E-state index is 12.0. The lowest BCUT2D eigenvalue weighted by Gasteiger charge is -2.52. The molecule has 0 spiro atoms. The minimum atomic E-state index is -0.230. The Hall–Kier alpha value is -1.32. The SMILES string of the molecule is CC(=O)OC1CC=C(C)C2C3OC(=O)C(C)C3CCC12C. The molecule has 0 radical (unpaired) electrons. The highest BCUT2D eigenvalue weighted by atomic mass is 16.6. The molecule has 21 heavy (non-hydrogen) atoms. The van der Waals surface area contributed by atoms with Gasteiger partial charge in [0.1, 0.15) is 12.2 Å². The van der Waals surface area contributed by atoms with Crippen LogP contribution in [0.3, 0.4) is 0 Å². The van der Waals surface area contributed by atoms with E-state index < -0.39 is 0 Å². The third-order valence-electron chi connectivity index (χ3n) is 5.93. The highest BCUT2D eigenvalue weighted by Crippen LogP contribution is 2.57. The number of ether oxygens (including phenoxy) is 2. The zero-order chi connectivity index (χ0) is 15.4. The van der Waals surface area contributed by atoms with Crippen LogP contribution >= 0.6 is 0 Å². The molecule has 1 heterocycles. The van der Waals surface area contributed by atoms with Crippen molar-refractivity contribution in [1.82, 2.24) is 0 Å². The van der Waals surface area contributed by atoms with Crippen LogP contribution in [0.2, 0.25) is 0 Å². The quantitative estimate of drug-likeness (QED) is 0.551. The number of esters is 2. The Balaban J connectivity index is 1.96. The lowest BCUT2D eigenvalue weighted by Crippen LogP contribution is -2.53. The van der Waals surface area contributed by atoms with E-state index in [0.29, 0.717) is 5.92 Å². The van der Waals surface area contributed by atoms with Crippen LogP contribution in [0.5, 0.6) is 0 Å². The van der Waals surface area contributed by atoms with Crippen LogP contribution in [0.25, 0.3) is 0 Å². The zero-order valence-corrected chi connectivity index (χ0v) is 13.2. The summed E-state index contributed by atoms with van der Waals surface area (Å²) in [5.74, 6) is 0.156. The third-order valence-corrected chi connectivity index (χ3v) is 5.93. The van der Waals surface area contributed by atoms with E-state index in [1.165, 1.54) is 12.5 Å². The Morgan fingerprint density at radius 2 is 2.19 bits per heavy atom. The molecule has 1 saturated heterocycles. The first-order valence-corrected chi connectivity index (χ1v) is 7.89. The van der Waals surface area contributed by atoms with Gasteiger partial charge in [0.25, 0.3) is 0 Å². The molecule has 4 nitrogen and oxygen atoms in total. The second-order valence-electron chi connectivity index (χ2n) is 7.16. The number of hydrogen-bond acceptors (Lipinski definition) is 4. The summed E-state index contributed by atoms with van der Waals surface area (Å²) in [6, 6.07) is 0. The van der Waals surface area contributed by atoms with Crippen molar-refractivity contribution in [2.24, 2.45) is 23.2 Å². The monoisotopic (exact) mass is 292 g/mol. The summed E-state index contributed by atoms with van der Waals surface area (Å²) >= 11 is 0. The fraction of sp³-hybridized carbons (Fsp3) is 0.765. The van der Waals surface area contributed by atoms with Crippen molar-refractivity contribution in [2.45, 2.75) is 59.2 Å². The lowest BCUT2D eigenvalue weighted by molar-refractivity contribution is -0.167. The van der Waals surface area contributed by atoms with Gasteiger partial charge in [-0.3, -0.25) is 9.59 Å². The van der Waals surface area contributed by atoms with Crippen molar-refractivity contribution >= 4 is 11.9 Å². The van der Waals surface area contributed by atoms with Gasteiger partial charge in [-0.25, -0.2) is 0 Å². The molecule has 3 aliphatic rings. The molecular formula is C17H24O4. The topological polar surface area (TPSA) is 52.6 Å². The number of hydrogen-bond donors (Lipinski definition) is 0. The second-order valence-corrected chi connectivity index (χ2v) is 7.16. The Kier molecular flexibility index (Phi) is 3.38. The highest BCUT2D eigenvalue weighted by molar-refractivity contribution is 5.75. The Labute approximate surface area is 125 Å². The van der Waals surface area contributed by atoms with Crippen LogP contribution in [0.4, 0.5) is 0 Å². The summed E-state index contributed by atoms with van der Waals surface area (Å²) in [7, 11) is 0. The van der Waals surface area contributed by atoms with Crippen molar-refractivity contribution in [2.75, 3.05) is 0 Å². The third kappa shape index (κ3) is 2.11. The second kappa shape index (κ2) is 4.85. The van der Waals surface area contributed by atoms with E-state index in [9.17, 15) is 9.59 Å². The molecule has 116 valence electrons. The van der Waals surface area contributed by atoms with Gasteiger partial charge in [0.15, 0.2) is 0 Å². The molecular weight excluding hydrogens is 268 g/mol. The molecule has 0 aromatic rings. The van der Waals surface area contributed by atoms with Crippen LogP contribution in [-0.2, 0) is 19.1 Å². The standard InChI is InChI=1S/C17H24O4/c1-9-5-6-13(20-11(3)18)17(4)8-7-12-10(2)16(19)21-15(12)14(9)17/h5,10,12-15H,6-8H2,1-4H3. The molecule has 3 rings (SSSR count). The number of fused-ring (bicyclic) bond motifs is 3. The molecule has 0 aromatic carbocycles. The predicted octanol–water partition coefficient (Wildman–Crippen LogP) is 2.86. The Bertz CT molecular complexity index is 509. The molecule has 2 aliphatic carbocycles. The molecule has 2 fully saturated rings. The summed E-state index contributed by atoms with van der Waals surface area (Å²) in [5.41, 5.74) is 1.15. The average molecular weight is 292 g/mol. The van der Waals surface area contributed by atoms with Crippen LogP contribution < -0.4 is 0 Å². The molecule has 0 N–H and O–H groups in total. The predicted molar refractivity (Wildman–Crippen MR) is 77.3 cm³/mol. The van der Waals surface area contributed by atoms with Gasteiger partial charge in [-0.05, 0) is 19.8 Å². The van der Waals surface area contributed by atoms with E-state index in [4.69, 9.17) is 9.47 Å². The van der Waals surface area contributed by atoms with E-state index in [0.717, 1.165) is 19.3 Å². The summed E-state index contributed by atoms with van der Waals surface area (Å²) < 4.78 is 11.3. The van der Waals surface area contributed by atoms with Gasteiger partial charge >= 0.3 is 11.9 Å². The maximum atomic E-state index is 12.0. The number of carbonyl (C=O) groups is 2. The first-order valence-electron chi connectivity index (χ1n) is 7.89. The molecule has 1 saturated carbocycles. The van der Waals surface area contributed by atoms with Crippen LogP contribution in [0.15, 0.2) is 11.6 Å². The van der Waals surface area contributed by atoms with E-state index in [-0.39, 0.29) is 41.4 Å². The van der Waals surface area contributed by atoms with Gasteiger partial charge in [-0.1, -0.05) is 25.5 Å². The zero-order valence-electron chi connectivity index (χ0n) is 13.2. The first-order chi connectivity index (χ1) is 9.84. The summed E-state index contributed by atoms with van der Waals surface area (Å²) in [6.45, 7) is 7.74. The number of rotatable bonds is 1.